The van der Waals surface area contributed by atoms with E-state index in [9.17, 15) is 39.9 Å². The van der Waals surface area contributed by atoms with Gasteiger partial charge in [0.25, 0.3) is 5.91 Å². The van der Waals surface area contributed by atoms with Crippen LogP contribution in [0.1, 0.15) is 21.5 Å². The number of benzene rings is 3. The van der Waals surface area contributed by atoms with Gasteiger partial charge < -0.3 is 5.32 Å². The Morgan fingerprint density at radius 2 is 1.39 bits per heavy atom. The number of carbonyl (C=O) groups is 1. The molecule has 1 amide bonds. The largest absolute Gasteiger partial charge is 0.418 e. The molecular formula is C21H11F8NO. The lowest BCUT2D eigenvalue weighted by Gasteiger charge is -2.18. The summed E-state index contributed by atoms with van der Waals surface area (Å²) in [7, 11) is 0. The highest BCUT2D eigenvalue weighted by Gasteiger charge is 2.37. The van der Waals surface area contributed by atoms with Gasteiger partial charge in [-0.2, -0.15) is 26.3 Å². The Bertz CT molecular complexity index is 1130. The van der Waals surface area contributed by atoms with Crippen LogP contribution in [0.2, 0.25) is 0 Å². The molecule has 0 unspecified atom stereocenters. The molecule has 0 bridgehead atoms. The van der Waals surface area contributed by atoms with Crippen LogP contribution < -0.4 is 5.32 Å². The van der Waals surface area contributed by atoms with E-state index in [4.69, 9.17) is 0 Å². The van der Waals surface area contributed by atoms with Crippen molar-refractivity contribution < 1.29 is 39.9 Å². The lowest BCUT2D eigenvalue weighted by atomic mass is 9.96. The monoisotopic (exact) mass is 445 g/mol. The van der Waals surface area contributed by atoms with Gasteiger partial charge in [-0.25, -0.2) is 8.78 Å². The van der Waals surface area contributed by atoms with Gasteiger partial charge in [0.05, 0.1) is 22.4 Å². The fourth-order valence-electron chi connectivity index (χ4n) is 2.91. The highest BCUT2D eigenvalue weighted by Crippen LogP contribution is 2.41. The number of carbonyl (C=O) groups excluding carboxylic acids is 1. The number of rotatable bonds is 3. The standard InChI is InChI=1S/C21H11F8NO/c22-16-7-3-5-13(18(16)23)19(31)30-17-9-8-11(10-15(17)21(27,28)29)12-4-1-2-6-14(12)20(24,25)26/h1-10H,(H,30,31). The van der Waals surface area contributed by atoms with E-state index in [-0.39, 0.29) is 0 Å². The van der Waals surface area contributed by atoms with Gasteiger partial charge in [-0.1, -0.05) is 30.3 Å². The molecule has 0 fully saturated rings. The van der Waals surface area contributed by atoms with Crippen LogP contribution in [0.3, 0.4) is 0 Å². The van der Waals surface area contributed by atoms with Gasteiger partial charge in [-0.05, 0) is 41.5 Å². The fraction of sp³-hybridized carbons (Fsp3) is 0.0952. The van der Waals surface area contributed by atoms with Crippen molar-refractivity contribution in [3.63, 3.8) is 0 Å². The molecular weight excluding hydrogens is 434 g/mol. The van der Waals surface area contributed by atoms with Crippen molar-refractivity contribution in [1.82, 2.24) is 0 Å². The predicted molar refractivity (Wildman–Crippen MR) is 96.2 cm³/mol. The Balaban J connectivity index is 2.07. The van der Waals surface area contributed by atoms with E-state index in [1.807, 2.05) is 5.32 Å². The third kappa shape index (κ3) is 4.68. The third-order valence-electron chi connectivity index (χ3n) is 4.31. The molecule has 1 N–H and O–H groups in total. The van der Waals surface area contributed by atoms with Crippen LogP contribution in [0.4, 0.5) is 40.8 Å². The van der Waals surface area contributed by atoms with E-state index >= 15 is 0 Å². The van der Waals surface area contributed by atoms with E-state index in [1.54, 1.807) is 0 Å². The number of halogens is 8. The normalized spacial score (nSPS) is 12.0. The maximum Gasteiger partial charge on any atom is 0.418 e. The van der Waals surface area contributed by atoms with Crippen LogP contribution in [0, 0.1) is 11.6 Å². The molecule has 3 rings (SSSR count). The molecule has 0 aromatic heterocycles. The third-order valence-corrected chi connectivity index (χ3v) is 4.31. The second-order valence-corrected chi connectivity index (χ2v) is 6.36. The summed E-state index contributed by atoms with van der Waals surface area (Å²) in [4.78, 5) is 12.2. The average Bonchev–Trinajstić information content (AvgIpc) is 2.69. The average molecular weight is 445 g/mol. The summed E-state index contributed by atoms with van der Waals surface area (Å²) in [5.74, 6) is -4.28. The van der Waals surface area contributed by atoms with Gasteiger partial charge in [-0.3, -0.25) is 4.79 Å². The molecule has 0 heterocycles. The number of nitrogens with one attached hydrogen (secondary N) is 1. The van der Waals surface area contributed by atoms with Crippen molar-refractivity contribution in [2.75, 3.05) is 5.32 Å². The Labute approximate surface area is 170 Å². The molecule has 0 radical (unpaired) electrons. The number of anilines is 1. The number of hydrogen-bond acceptors (Lipinski definition) is 1. The van der Waals surface area contributed by atoms with Crippen LogP contribution >= 0.6 is 0 Å². The molecule has 0 aliphatic rings. The molecule has 0 aliphatic heterocycles. The first-order chi connectivity index (χ1) is 14.4. The molecule has 2 nitrogen and oxygen atoms in total. The molecule has 0 spiro atoms. The number of hydrogen-bond donors (Lipinski definition) is 1. The zero-order valence-corrected chi connectivity index (χ0v) is 15.2. The van der Waals surface area contributed by atoms with Crippen LogP contribution in [0.15, 0.2) is 60.7 Å². The number of amides is 1. The Morgan fingerprint density at radius 3 is 2.03 bits per heavy atom. The summed E-state index contributed by atoms with van der Waals surface area (Å²) >= 11 is 0. The summed E-state index contributed by atoms with van der Waals surface area (Å²) in [6, 6.07) is 8.81. The van der Waals surface area contributed by atoms with Crippen LogP contribution in [0.25, 0.3) is 11.1 Å². The quantitative estimate of drug-likeness (QED) is 0.436. The fourth-order valence-corrected chi connectivity index (χ4v) is 2.91. The smallest absolute Gasteiger partial charge is 0.321 e. The van der Waals surface area contributed by atoms with Crippen molar-refractivity contribution in [3.05, 3.63) is 89.0 Å². The highest BCUT2D eigenvalue weighted by molar-refractivity contribution is 6.05. The van der Waals surface area contributed by atoms with E-state index in [0.717, 1.165) is 48.5 Å². The summed E-state index contributed by atoms with van der Waals surface area (Å²) in [5.41, 5.74) is -5.13. The molecule has 0 saturated carbocycles. The van der Waals surface area contributed by atoms with E-state index in [2.05, 4.69) is 0 Å². The van der Waals surface area contributed by atoms with Gasteiger partial charge in [0, 0.05) is 0 Å². The molecule has 31 heavy (non-hydrogen) atoms. The van der Waals surface area contributed by atoms with Crippen molar-refractivity contribution in [2.45, 2.75) is 12.4 Å². The van der Waals surface area contributed by atoms with Crippen LogP contribution in [0.5, 0.6) is 0 Å². The maximum atomic E-state index is 13.8. The Hall–Kier alpha value is -3.43. The summed E-state index contributed by atoms with van der Waals surface area (Å²) in [5, 5.41) is 1.84. The van der Waals surface area contributed by atoms with Gasteiger partial charge in [0.1, 0.15) is 0 Å². The minimum absolute atomic E-state index is 0.393. The number of alkyl halides is 6. The summed E-state index contributed by atoms with van der Waals surface area (Å²) < 4.78 is 107. The van der Waals surface area contributed by atoms with Crippen molar-refractivity contribution in [1.29, 1.82) is 0 Å². The lowest BCUT2D eigenvalue weighted by molar-refractivity contribution is -0.137. The van der Waals surface area contributed by atoms with Gasteiger partial charge >= 0.3 is 12.4 Å². The first-order valence-electron chi connectivity index (χ1n) is 8.53. The van der Waals surface area contributed by atoms with Crippen molar-refractivity contribution in [2.24, 2.45) is 0 Å². The van der Waals surface area contributed by atoms with E-state index in [0.29, 0.717) is 6.07 Å². The minimum Gasteiger partial charge on any atom is -0.321 e. The molecule has 3 aromatic rings. The second-order valence-electron chi connectivity index (χ2n) is 6.36. The zero-order chi connectivity index (χ0) is 23.0. The maximum absolute atomic E-state index is 13.8. The van der Waals surface area contributed by atoms with E-state index in [1.165, 1.54) is 6.07 Å². The van der Waals surface area contributed by atoms with Crippen molar-refractivity contribution in [3.8, 4) is 11.1 Å². The molecule has 0 aliphatic carbocycles. The van der Waals surface area contributed by atoms with Gasteiger partial charge in [0.2, 0.25) is 0 Å². The second kappa shape index (κ2) is 8.01. The zero-order valence-electron chi connectivity index (χ0n) is 15.2. The lowest BCUT2D eigenvalue weighted by Crippen LogP contribution is -2.18. The van der Waals surface area contributed by atoms with Gasteiger partial charge in [-0.15, -0.1) is 0 Å². The Morgan fingerprint density at radius 1 is 0.742 bits per heavy atom. The SMILES string of the molecule is O=C(Nc1ccc(-c2ccccc2C(F)(F)F)cc1C(F)(F)F)c1cccc(F)c1F. The Kier molecular flexibility index (Phi) is 5.75. The van der Waals surface area contributed by atoms with E-state index < -0.39 is 63.4 Å². The molecule has 3 aromatic carbocycles. The molecule has 162 valence electrons. The molecule has 0 atom stereocenters. The summed E-state index contributed by atoms with van der Waals surface area (Å²) in [6.07, 6.45) is -9.87. The predicted octanol–water partition coefficient (Wildman–Crippen LogP) is 6.92. The first kappa shape index (κ1) is 22.3. The van der Waals surface area contributed by atoms with Gasteiger partial charge in [0.15, 0.2) is 11.6 Å². The first-order valence-corrected chi connectivity index (χ1v) is 8.53. The van der Waals surface area contributed by atoms with Crippen LogP contribution in [-0.2, 0) is 12.4 Å². The minimum atomic E-state index is -5.06. The highest BCUT2D eigenvalue weighted by atomic mass is 19.4. The topological polar surface area (TPSA) is 29.1 Å². The van der Waals surface area contributed by atoms with Crippen LogP contribution in [-0.4, -0.2) is 5.91 Å². The molecule has 0 saturated heterocycles. The van der Waals surface area contributed by atoms with Crippen molar-refractivity contribution >= 4 is 11.6 Å². The molecule has 10 heteroatoms. The summed E-state index contributed by atoms with van der Waals surface area (Å²) in [6.45, 7) is 0.